The fourth-order valence-corrected chi connectivity index (χ4v) is 1.71. The highest BCUT2D eigenvalue weighted by atomic mass is 16.4. The van der Waals surface area contributed by atoms with Gasteiger partial charge in [-0.25, -0.2) is 9.78 Å². The van der Waals surface area contributed by atoms with Crippen LogP contribution in [0.2, 0.25) is 0 Å². The van der Waals surface area contributed by atoms with Crippen molar-refractivity contribution in [2.45, 2.75) is 25.4 Å². The number of imidazole rings is 1. The van der Waals surface area contributed by atoms with Crippen LogP contribution in [-0.2, 0) is 6.54 Å². The van der Waals surface area contributed by atoms with Crippen molar-refractivity contribution in [3.63, 3.8) is 0 Å². The molecule has 5 nitrogen and oxygen atoms in total. The van der Waals surface area contributed by atoms with E-state index in [9.17, 15) is 4.79 Å². The molecule has 1 unspecified atom stereocenters. The molecular weight excluding hydrogens is 170 g/mol. The smallest absolute Gasteiger partial charge is 0.372 e. The Morgan fingerprint density at radius 1 is 1.77 bits per heavy atom. The average Bonchev–Trinajstić information content (AvgIpc) is 2.48. The third-order valence-corrected chi connectivity index (χ3v) is 2.35. The molecule has 0 amide bonds. The van der Waals surface area contributed by atoms with E-state index in [1.807, 2.05) is 0 Å². The second-order valence-electron chi connectivity index (χ2n) is 3.21. The second kappa shape index (κ2) is 2.85. The Bertz CT molecular complexity index is 345. The molecule has 0 spiro atoms. The highest BCUT2D eigenvalue weighted by Gasteiger charge is 2.22. The lowest BCUT2D eigenvalue weighted by molar-refractivity contribution is 0.0676. The summed E-state index contributed by atoms with van der Waals surface area (Å²) >= 11 is 0. The number of hydrogen-bond donors (Lipinski definition) is 2. The Kier molecular flexibility index (Phi) is 1.81. The van der Waals surface area contributed by atoms with Crippen LogP contribution in [0.15, 0.2) is 6.20 Å². The van der Waals surface area contributed by atoms with Crippen LogP contribution in [0.3, 0.4) is 0 Å². The van der Waals surface area contributed by atoms with Crippen LogP contribution in [0.5, 0.6) is 0 Å². The lowest BCUT2D eigenvalue weighted by Crippen LogP contribution is -2.23. The first kappa shape index (κ1) is 8.25. The van der Waals surface area contributed by atoms with E-state index in [1.165, 1.54) is 0 Å². The summed E-state index contributed by atoms with van der Waals surface area (Å²) in [7, 11) is 0. The molecule has 0 aliphatic carbocycles. The summed E-state index contributed by atoms with van der Waals surface area (Å²) in [6.45, 7) is 0.713. The van der Waals surface area contributed by atoms with Gasteiger partial charge in [-0.2, -0.15) is 0 Å². The van der Waals surface area contributed by atoms with Crippen LogP contribution < -0.4 is 5.73 Å². The number of rotatable bonds is 1. The number of aromatic nitrogens is 2. The molecule has 1 aromatic rings. The van der Waals surface area contributed by atoms with Gasteiger partial charge in [0.1, 0.15) is 0 Å². The van der Waals surface area contributed by atoms with Gasteiger partial charge in [-0.1, -0.05) is 0 Å². The van der Waals surface area contributed by atoms with Gasteiger partial charge in [-0.15, -0.1) is 0 Å². The highest BCUT2D eigenvalue weighted by Crippen LogP contribution is 2.23. The van der Waals surface area contributed by atoms with E-state index in [2.05, 4.69) is 4.98 Å². The second-order valence-corrected chi connectivity index (χ2v) is 3.21. The van der Waals surface area contributed by atoms with Gasteiger partial charge in [0.25, 0.3) is 0 Å². The van der Waals surface area contributed by atoms with Crippen LogP contribution >= 0.6 is 0 Å². The van der Waals surface area contributed by atoms with Crippen molar-refractivity contribution >= 4 is 5.97 Å². The molecule has 1 aliphatic rings. The number of carbonyl (C=O) groups is 1. The van der Waals surface area contributed by atoms with Gasteiger partial charge in [0.15, 0.2) is 0 Å². The SMILES string of the molecule is NC1CCCn2c1cnc2C(=O)O. The van der Waals surface area contributed by atoms with Crippen LogP contribution in [0.1, 0.15) is 35.2 Å². The Hall–Kier alpha value is -1.36. The zero-order chi connectivity index (χ0) is 9.42. The van der Waals surface area contributed by atoms with Crippen LogP contribution in [0, 0.1) is 0 Å². The number of aromatic carboxylic acids is 1. The first-order chi connectivity index (χ1) is 6.20. The van der Waals surface area contributed by atoms with E-state index in [0.29, 0.717) is 6.54 Å². The number of hydrogen-bond acceptors (Lipinski definition) is 3. The van der Waals surface area contributed by atoms with E-state index >= 15 is 0 Å². The van der Waals surface area contributed by atoms with Crippen molar-refractivity contribution in [1.29, 1.82) is 0 Å². The zero-order valence-corrected chi connectivity index (χ0v) is 7.10. The molecular formula is C8H11N3O2. The molecule has 0 saturated carbocycles. The molecule has 70 valence electrons. The van der Waals surface area contributed by atoms with Crippen LogP contribution in [0.4, 0.5) is 0 Å². The minimum Gasteiger partial charge on any atom is -0.475 e. The zero-order valence-electron chi connectivity index (χ0n) is 7.10. The monoisotopic (exact) mass is 181 g/mol. The summed E-state index contributed by atoms with van der Waals surface area (Å²) in [6.07, 6.45) is 3.39. The van der Waals surface area contributed by atoms with Gasteiger partial charge in [0.2, 0.25) is 5.82 Å². The molecule has 13 heavy (non-hydrogen) atoms. The molecule has 1 atom stereocenters. The van der Waals surface area contributed by atoms with Crippen molar-refractivity contribution in [1.82, 2.24) is 9.55 Å². The lowest BCUT2D eigenvalue weighted by atomic mass is 10.1. The summed E-state index contributed by atoms with van der Waals surface area (Å²) in [5.74, 6) is -0.884. The number of nitrogens with two attached hydrogens (primary N) is 1. The third-order valence-electron chi connectivity index (χ3n) is 2.35. The molecule has 1 aromatic heterocycles. The van der Waals surface area contributed by atoms with Gasteiger partial charge in [-0.05, 0) is 12.8 Å². The Labute approximate surface area is 75.2 Å². The summed E-state index contributed by atoms with van der Waals surface area (Å²) in [5, 5.41) is 8.79. The van der Waals surface area contributed by atoms with Crippen molar-refractivity contribution in [2.24, 2.45) is 5.73 Å². The van der Waals surface area contributed by atoms with Gasteiger partial charge in [0.05, 0.1) is 11.9 Å². The molecule has 0 radical (unpaired) electrons. The van der Waals surface area contributed by atoms with Gasteiger partial charge in [0, 0.05) is 12.6 Å². The Morgan fingerprint density at radius 3 is 3.23 bits per heavy atom. The van der Waals surface area contributed by atoms with E-state index < -0.39 is 5.97 Å². The largest absolute Gasteiger partial charge is 0.475 e. The number of fused-ring (bicyclic) bond motifs is 1. The molecule has 3 N–H and O–H groups in total. The predicted molar refractivity (Wildman–Crippen MR) is 45.3 cm³/mol. The summed E-state index contributed by atoms with van der Waals surface area (Å²) in [4.78, 5) is 14.5. The van der Waals surface area contributed by atoms with Gasteiger partial charge in [-0.3, -0.25) is 0 Å². The summed E-state index contributed by atoms with van der Waals surface area (Å²) < 4.78 is 1.69. The number of carboxylic acids is 1. The maximum absolute atomic E-state index is 10.7. The van der Waals surface area contributed by atoms with E-state index in [0.717, 1.165) is 18.5 Å². The molecule has 0 aromatic carbocycles. The van der Waals surface area contributed by atoms with Crippen molar-refractivity contribution < 1.29 is 9.90 Å². The fraction of sp³-hybridized carbons (Fsp3) is 0.500. The first-order valence-corrected chi connectivity index (χ1v) is 4.24. The van der Waals surface area contributed by atoms with Gasteiger partial charge >= 0.3 is 5.97 Å². The maximum atomic E-state index is 10.7. The molecule has 2 rings (SSSR count). The summed E-state index contributed by atoms with van der Waals surface area (Å²) in [6, 6.07) is -0.0608. The van der Waals surface area contributed by atoms with Crippen molar-refractivity contribution in [3.8, 4) is 0 Å². The standard InChI is InChI=1S/C8H11N3O2/c9-5-2-1-3-11-6(5)4-10-7(11)8(12)13/h4-5H,1-3,9H2,(H,12,13). The first-order valence-electron chi connectivity index (χ1n) is 4.24. The minimum absolute atomic E-state index is 0.0608. The fourth-order valence-electron chi connectivity index (χ4n) is 1.71. The normalized spacial score (nSPS) is 21.2. The molecule has 0 fully saturated rings. The topological polar surface area (TPSA) is 81.1 Å². The van der Waals surface area contributed by atoms with E-state index in [-0.39, 0.29) is 11.9 Å². The van der Waals surface area contributed by atoms with Gasteiger partial charge < -0.3 is 15.4 Å². The minimum atomic E-state index is -0.986. The molecule has 0 bridgehead atoms. The van der Waals surface area contributed by atoms with Crippen LogP contribution in [-0.4, -0.2) is 20.6 Å². The van der Waals surface area contributed by atoms with E-state index in [4.69, 9.17) is 10.8 Å². The molecule has 1 aliphatic heterocycles. The molecule has 5 heteroatoms. The van der Waals surface area contributed by atoms with Crippen LogP contribution in [0.25, 0.3) is 0 Å². The van der Waals surface area contributed by atoms with Crippen molar-refractivity contribution in [3.05, 3.63) is 17.7 Å². The Balaban J connectivity index is 2.47. The van der Waals surface area contributed by atoms with E-state index in [1.54, 1.807) is 10.8 Å². The lowest BCUT2D eigenvalue weighted by Gasteiger charge is -2.20. The Morgan fingerprint density at radius 2 is 2.54 bits per heavy atom. The quantitative estimate of drug-likeness (QED) is 0.656. The molecule has 0 saturated heterocycles. The van der Waals surface area contributed by atoms with Crippen molar-refractivity contribution in [2.75, 3.05) is 0 Å². The average molecular weight is 181 g/mol. The third kappa shape index (κ3) is 1.21. The molecule has 2 heterocycles. The number of carboxylic acid groups (broad SMARTS) is 1. The number of nitrogens with zero attached hydrogens (tertiary/aromatic N) is 2. The predicted octanol–water partition coefficient (Wildman–Crippen LogP) is 0.375. The maximum Gasteiger partial charge on any atom is 0.372 e. The highest BCUT2D eigenvalue weighted by molar-refractivity contribution is 5.83. The summed E-state index contributed by atoms with van der Waals surface area (Å²) in [5.41, 5.74) is 6.64.